The predicted octanol–water partition coefficient (Wildman–Crippen LogP) is 0.717. The van der Waals surface area contributed by atoms with Crippen LogP contribution in [0.4, 0.5) is 5.69 Å². The standard InChI is InChI=1S/C11H14N2O5/c1-12(5-6-14)7-8-3-2-4-9(13(17)18)10(8)11(15)16/h2-4,14H,5-7H2,1H3,(H,15,16). The topological polar surface area (TPSA) is 104 Å². The lowest BCUT2D eigenvalue weighted by atomic mass is 10.0. The Kier molecular flexibility index (Phi) is 4.75. The van der Waals surface area contributed by atoms with Crippen molar-refractivity contribution in [3.8, 4) is 0 Å². The van der Waals surface area contributed by atoms with Gasteiger partial charge in [0.1, 0.15) is 5.56 Å². The molecule has 0 bridgehead atoms. The van der Waals surface area contributed by atoms with E-state index >= 15 is 0 Å². The van der Waals surface area contributed by atoms with Gasteiger partial charge in [0.25, 0.3) is 5.69 Å². The summed E-state index contributed by atoms with van der Waals surface area (Å²) in [5.41, 5.74) is -0.364. The van der Waals surface area contributed by atoms with E-state index in [0.29, 0.717) is 12.1 Å². The third-order valence-corrected chi connectivity index (χ3v) is 2.46. The molecule has 7 nitrogen and oxygen atoms in total. The van der Waals surface area contributed by atoms with Gasteiger partial charge in [-0.2, -0.15) is 0 Å². The van der Waals surface area contributed by atoms with Crippen LogP contribution in [-0.4, -0.2) is 46.2 Å². The van der Waals surface area contributed by atoms with Crippen LogP contribution in [0.15, 0.2) is 18.2 Å². The Hall–Kier alpha value is -1.99. The van der Waals surface area contributed by atoms with E-state index in [9.17, 15) is 14.9 Å². The summed E-state index contributed by atoms with van der Waals surface area (Å²) >= 11 is 0. The number of carbonyl (C=O) groups is 1. The number of aliphatic hydroxyl groups excluding tert-OH is 1. The lowest BCUT2D eigenvalue weighted by Crippen LogP contribution is -2.23. The molecule has 0 aromatic heterocycles. The Morgan fingerprint density at radius 2 is 2.17 bits per heavy atom. The summed E-state index contributed by atoms with van der Waals surface area (Å²) in [6.45, 7) is 0.527. The molecule has 0 spiro atoms. The zero-order chi connectivity index (χ0) is 13.7. The lowest BCUT2D eigenvalue weighted by Gasteiger charge is -2.16. The summed E-state index contributed by atoms with van der Waals surface area (Å²) in [5.74, 6) is -1.32. The molecule has 0 aliphatic carbocycles. The summed E-state index contributed by atoms with van der Waals surface area (Å²) in [6.07, 6.45) is 0. The molecule has 1 rings (SSSR count). The molecule has 2 N–H and O–H groups in total. The van der Waals surface area contributed by atoms with Gasteiger partial charge in [-0.1, -0.05) is 12.1 Å². The first-order chi connectivity index (χ1) is 8.47. The van der Waals surface area contributed by atoms with Gasteiger partial charge in [0, 0.05) is 19.2 Å². The van der Waals surface area contributed by atoms with Gasteiger partial charge in [0.15, 0.2) is 0 Å². The number of hydrogen-bond acceptors (Lipinski definition) is 5. The molecule has 1 aromatic carbocycles. The fourth-order valence-corrected chi connectivity index (χ4v) is 1.66. The molecule has 0 radical (unpaired) electrons. The van der Waals surface area contributed by atoms with Crippen molar-refractivity contribution in [2.75, 3.05) is 20.2 Å². The number of hydrogen-bond donors (Lipinski definition) is 2. The molecule has 0 unspecified atom stereocenters. The molecular weight excluding hydrogens is 240 g/mol. The van der Waals surface area contributed by atoms with Crippen molar-refractivity contribution in [3.63, 3.8) is 0 Å². The number of aliphatic hydroxyl groups is 1. The number of carboxylic acid groups (broad SMARTS) is 1. The van der Waals surface area contributed by atoms with Crippen molar-refractivity contribution < 1.29 is 19.9 Å². The van der Waals surface area contributed by atoms with Crippen LogP contribution < -0.4 is 0 Å². The van der Waals surface area contributed by atoms with Crippen LogP contribution in [0.25, 0.3) is 0 Å². The van der Waals surface area contributed by atoms with Crippen LogP contribution in [0.2, 0.25) is 0 Å². The third kappa shape index (κ3) is 3.25. The van der Waals surface area contributed by atoms with Crippen molar-refractivity contribution >= 4 is 11.7 Å². The van der Waals surface area contributed by atoms with E-state index in [1.54, 1.807) is 11.9 Å². The Morgan fingerprint density at radius 1 is 1.50 bits per heavy atom. The third-order valence-electron chi connectivity index (χ3n) is 2.46. The smallest absolute Gasteiger partial charge is 0.343 e. The number of nitro benzene ring substituents is 1. The van der Waals surface area contributed by atoms with E-state index in [0.717, 1.165) is 0 Å². The zero-order valence-corrected chi connectivity index (χ0v) is 9.87. The van der Waals surface area contributed by atoms with E-state index in [4.69, 9.17) is 10.2 Å². The molecule has 7 heteroatoms. The number of nitro groups is 1. The summed E-state index contributed by atoms with van der Waals surface area (Å²) in [7, 11) is 1.70. The molecule has 0 saturated heterocycles. The minimum atomic E-state index is -1.32. The maximum atomic E-state index is 11.1. The highest BCUT2D eigenvalue weighted by atomic mass is 16.6. The van der Waals surface area contributed by atoms with Gasteiger partial charge in [-0.3, -0.25) is 15.0 Å². The molecule has 18 heavy (non-hydrogen) atoms. The van der Waals surface area contributed by atoms with Gasteiger partial charge in [0.2, 0.25) is 0 Å². The Balaban J connectivity index is 3.15. The molecule has 0 fully saturated rings. The second-order valence-corrected chi connectivity index (χ2v) is 3.83. The fourth-order valence-electron chi connectivity index (χ4n) is 1.66. The summed E-state index contributed by atoms with van der Waals surface area (Å²) in [6, 6.07) is 4.15. The van der Waals surface area contributed by atoms with E-state index in [1.165, 1.54) is 18.2 Å². The molecule has 0 atom stereocenters. The number of nitrogens with zero attached hydrogens (tertiary/aromatic N) is 2. The Morgan fingerprint density at radius 3 is 2.67 bits per heavy atom. The van der Waals surface area contributed by atoms with Crippen LogP contribution in [0, 0.1) is 10.1 Å². The van der Waals surface area contributed by atoms with Crippen LogP contribution in [0.3, 0.4) is 0 Å². The first kappa shape index (κ1) is 14.1. The van der Waals surface area contributed by atoms with Crippen molar-refractivity contribution in [2.24, 2.45) is 0 Å². The van der Waals surface area contributed by atoms with E-state index in [1.807, 2.05) is 0 Å². The Bertz CT molecular complexity index is 461. The van der Waals surface area contributed by atoms with E-state index < -0.39 is 16.6 Å². The van der Waals surface area contributed by atoms with Gasteiger partial charge in [0.05, 0.1) is 11.5 Å². The average molecular weight is 254 g/mol. The molecule has 0 aliphatic heterocycles. The van der Waals surface area contributed by atoms with Crippen LogP contribution in [0.5, 0.6) is 0 Å². The normalized spacial score (nSPS) is 10.6. The minimum Gasteiger partial charge on any atom is -0.477 e. The monoisotopic (exact) mass is 254 g/mol. The van der Waals surface area contributed by atoms with Crippen LogP contribution >= 0.6 is 0 Å². The van der Waals surface area contributed by atoms with Crippen molar-refractivity contribution in [2.45, 2.75) is 6.54 Å². The lowest BCUT2D eigenvalue weighted by molar-refractivity contribution is -0.385. The molecular formula is C11H14N2O5. The average Bonchev–Trinajstić information content (AvgIpc) is 2.28. The molecule has 0 heterocycles. The van der Waals surface area contributed by atoms with Crippen molar-refractivity contribution in [3.05, 3.63) is 39.4 Å². The highest BCUT2D eigenvalue weighted by Crippen LogP contribution is 2.23. The number of carboxylic acids is 1. The first-order valence-corrected chi connectivity index (χ1v) is 5.26. The Labute approximate surface area is 103 Å². The summed E-state index contributed by atoms with van der Waals surface area (Å²) in [4.78, 5) is 22.9. The second kappa shape index (κ2) is 6.08. The summed E-state index contributed by atoms with van der Waals surface area (Å²) in [5, 5.41) is 28.6. The summed E-state index contributed by atoms with van der Waals surface area (Å²) < 4.78 is 0. The number of likely N-dealkylation sites (N-methyl/N-ethyl adjacent to an activating group) is 1. The van der Waals surface area contributed by atoms with Gasteiger partial charge < -0.3 is 10.2 Å². The first-order valence-electron chi connectivity index (χ1n) is 5.26. The largest absolute Gasteiger partial charge is 0.477 e. The predicted molar refractivity (Wildman–Crippen MR) is 63.5 cm³/mol. The minimum absolute atomic E-state index is 0.0617. The molecule has 0 aliphatic rings. The zero-order valence-electron chi connectivity index (χ0n) is 9.87. The maximum absolute atomic E-state index is 11.1. The quantitative estimate of drug-likeness (QED) is 0.572. The maximum Gasteiger partial charge on any atom is 0.343 e. The van der Waals surface area contributed by atoms with Crippen molar-refractivity contribution in [1.82, 2.24) is 4.90 Å². The van der Waals surface area contributed by atoms with E-state index in [-0.39, 0.29) is 18.7 Å². The molecule has 0 saturated carbocycles. The van der Waals surface area contributed by atoms with Crippen LogP contribution in [0.1, 0.15) is 15.9 Å². The molecule has 1 aromatic rings. The van der Waals surface area contributed by atoms with Gasteiger partial charge >= 0.3 is 5.97 Å². The number of benzene rings is 1. The fraction of sp³-hybridized carbons (Fsp3) is 0.364. The van der Waals surface area contributed by atoms with Gasteiger partial charge in [-0.15, -0.1) is 0 Å². The number of rotatable bonds is 6. The molecule has 98 valence electrons. The second-order valence-electron chi connectivity index (χ2n) is 3.83. The van der Waals surface area contributed by atoms with Gasteiger partial charge in [-0.25, -0.2) is 4.79 Å². The van der Waals surface area contributed by atoms with Crippen molar-refractivity contribution in [1.29, 1.82) is 0 Å². The molecule has 0 amide bonds. The highest BCUT2D eigenvalue weighted by molar-refractivity contribution is 5.94. The highest BCUT2D eigenvalue weighted by Gasteiger charge is 2.23. The SMILES string of the molecule is CN(CCO)Cc1cccc([N+](=O)[O-])c1C(=O)O. The van der Waals surface area contributed by atoms with E-state index in [2.05, 4.69) is 0 Å². The number of aromatic carboxylic acids is 1. The van der Waals surface area contributed by atoms with Gasteiger partial charge in [-0.05, 0) is 12.6 Å². The van der Waals surface area contributed by atoms with Crippen LogP contribution in [-0.2, 0) is 6.54 Å².